The van der Waals surface area contributed by atoms with Gasteiger partial charge in [-0.1, -0.05) is 30.2 Å². The van der Waals surface area contributed by atoms with Gasteiger partial charge in [-0.05, 0) is 41.8 Å². The fraction of sp³-hybridized carbons (Fsp3) is 0.125. The first-order valence-electron chi connectivity index (χ1n) is 5.72. The lowest BCUT2D eigenvalue weighted by molar-refractivity contribution is 0.474. The third-order valence-corrected chi connectivity index (χ3v) is 2.87. The standard InChI is InChI=1S/C16H14O2/c1-2-13(14-5-9-16(18)10-6-14)11-12-3-7-15(17)8-4-12/h1,3-10,13,17-18H,11H2/t13-/m0/s1. The molecule has 0 radical (unpaired) electrons. The number of phenols is 2. The molecule has 0 heterocycles. The van der Waals surface area contributed by atoms with Crippen molar-refractivity contribution in [3.8, 4) is 23.8 Å². The molecule has 0 saturated heterocycles. The minimum atomic E-state index is -0.0323. The molecule has 0 bridgehead atoms. The monoisotopic (exact) mass is 238 g/mol. The van der Waals surface area contributed by atoms with Crippen LogP contribution in [0, 0.1) is 12.3 Å². The van der Waals surface area contributed by atoms with Crippen LogP contribution in [0.2, 0.25) is 0 Å². The topological polar surface area (TPSA) is 40.5 Å². The number of terminal acetylenes is 1. The van der Waals surface area contributed by atoms with Crippen molar-refractivity contribution in [2.75, 3.05) is 0 Å². The number of aromatic hydroxyl groups is 2. The van der Waals surface area contributed by atoms with Gasteiger partial charge in [0, 0.05) is 5.92 Å². The summed E-state index contributed by atoms with van der Waals surface area (Å²) in [4.78, 5) is 0. The van der Waals surface area contributed by atoms with E-state index >= 15 is 0 Å². The van der Waals surface area contributed by atoms with Gasteiger partial charge < -0.3 is 10.2 Å². The van der Waals surface area contributed by atoms with E-state index in [1.165, 1.54) is 0 Å². The molecule has 0 aliphatic carbocycles. The minimum absolute atomic E-state index is 0.0323. The Morgan fingerprint density at radius 2 is 1.39 bits per heavy atom. The Hall–Kier alpha value is -2.40. The van der Waals surface area contributed by atoms with Gasteiger partial charge in [0.25, 0.3) is 0 Å². The van der Waals surface area contributed by atoms with Gasteiger partial charge in [-0.2, -0.15) is 0 Å². The summed E-state index contributed by atoms with van der Waals surface area (Å²) in [5, 5.41) is 18.5. The molecule has 0 unspecified atom stereocenters. The van der Waals surface area contributed by atoms with Gasteiger partial charge in [-0.25, -0.2) is 0 Å². The molecule has 2 aromatic carbocycles. The Morgan fingerprint density at radius 3 is 1.89 bits per heavy atom. The van der Waals surface area contributed by atoms with E-state index in [1.54, 1.807) is 24.3 Å². The maximum Gasteiger partial charge on any atom is 0.115 e. The van der Waals surface area contributed by atoms with Gasteiger partial charge in [0.05, 0.1) is 0 Å². The third-order valence-electron chi connectivity index (χ3n) is 2.87. The van der Waals surface area contributed by atoms with Crippen molar-refractivity contribution in [1.82, 2.24) is 0 Å². The lowest BCUT2D eigenvalue weighted by atomic mass is 9.93. The van der Waals surface area contributed by atoms with Crippen molar-refractivity contribution in [2.24, 2.45) is 0 Å². The predicted molar refractivity (Wildman–Crippen MR) is 71.5 cm³/mol. The quantitative estimate of drug-likeness (QED) is 0.807. The molecule has 0 amide bonds. The Morgan fingerprint density at radius 1 is 0.889 bits per heavy atom. The SMILES string of the molecule is C#C[C@@H](Cc1ccc(O)cc1)c1ccc(O)cc1. The summed E-state index contributed by atoms with van der Waals surface area (Å²) >= 11 is 0. The number of rotatable bonds is 3. The van der Waals surface area contributed by atoms with E-state index in [4.69, 9.17) is 6.42 Å². The van der Waals surface area contributed by atoms with Gasteiger partial charge in [0.15, 0.2) is 0 Å². The average molecular weight is 238 g/mol. The Labute approximate surface area is 107 Å². The highest BCUT2D eigenvalue weighted by molar-refractivity contribution is 5.35. The highest BCUT2D eigenvalue weighted by atomic mass is 16.3. The van der Waals surface area contributed by atoms with Crippen LogP contribution in [0.25, 0.3) is 0 Å². The van der Waals surface area contributed by atoms with Crippen LogP contribution in [0.5, 0.6) is 11.5 Å². The molecule has 2 heteroatoms. The predicted octanol–water partition coefficient (Wildman–Crippen LogP) is 3.06. The number of hydrogen-bond donors (Lipinski definition) is 2. The molecule has 0 spiro atoms. The largest absolute Gasteiger partial charge is 0.508 e. The molecule has 90 valence electrons. The van der Waals surface area contributed by atoms with E-state index in [0.717, 1.165) is 11.1 Å². The Bertz CT molecular complexity index is 547. The van der Waals surface area contributed by atoms with E-state index in [9.17, 15) is 10.2 Å². The summed E-state index contributed by atoms with van der Waals surface area (Å²) in [7, 11) is 0. The van der Waals surface area contributed by atoms with Crippen molar-refractivity contribution < 1.29 is 10.2 Å². The second-order valence-electron chi connectivity index (χ2n) is 4.18. The zero-order valence-electron chi connectivity index (χ0n) is 9.88. The number of hydrogen-bond acceptors (Lipinski definition) is 2. The molecule has 2 aromatic rings. The maximum atomic E-state index is 9.25. The third kappa shape index (κ3) is 2.83. The van der Waals surface area contributed by atoms with Gasteiger partial charge in [-0.3, -0.25) is 0 Å². The molecule has 0 aliphatic rings. The molecule has 2 nitrogen and oxygen atoms in total. The van der Waals surface area contributed by atoms with Crippen LogP contribution < -0.4 is 0 Å². The summed E-state index contributed by atoms with van der Waals surface area (Å²) < 4.78 is 0. The van der Waals surface area contributed by atoms with Crippen molar-refractivity contribution >= 4 is 0 Å². The molecular formula is C16H14O2. The molecule has 0 fully saturated rings. The second kappa shape index (κ2) is 5.29. The van der Waals surface area contributed by atoms with Crippen LogP contribution in [0.15, 0.2) is 48.5 Å². The van der Waals surface area contributed by atoms with Crippen LogP contribution in [0.3, 0.4) is 0 Å². The summed E-state index contributed by atoms with van der Waals surface area (Å²) in [5.41, 5.74) is 2.08. The summed E-state index contributed by atoms with van der Waals surface area (Å²) in [6.07, 6.45) is 6.27. The molecule has 18 heavy (non-hydrogen) atoms. The molecule has 0 aromatic heterocycles. The van der Waals surface area contributed by atoms with E-state index in [-0.39, 0.29) is 17.4 Å². The van der Waals surface area contributed by atoms with Crippen molar-refractivity contribution in [1.29, 1.82) is 0 Å². The van der Waals surface area contributed by atoms with E-state index < -0.39 is 0 Å². The first kappa shape index (κ1) is 12.1. The molecule has 1 atom stereocenters. The number of phenolic OH excluding ortho intramolecular Hbond substituents is 2. The Balaban J connectivity index is 2.17. The average Bonchev–Trinajstić information content (AvgIpc) is 2.39. The van der Waals surface area contributed by atoms with Crippen molar-refractivity contribution in [3.63, 3.8) is 0 Å². The second-order valence-corrected chi connectivity index (χ2v) is 4.18. The van der Waals surface area contributed by atoms with Gasteiger partial charge in [0.2, 0.25) is 0 Å². The van der Waals surface area contributed by atoms with Gasteiger partial charge in [0.1, 0.15) is 11.5 Å². The fourth-order valence-corrected chi connectivity index (χ4v) is 1.85. The summed E-state index contributed by atoms with van der Waals surface area (Å²) in [6, 6.07) is 14.0. The maximum absolute atomic E-state index is 9.25. The van der Waals surface area contributed by atoms with Crippen LogP contribution in [0.4, 0.5) is 0 Å². The fourth-order valence-electron chi connectivity index (χ4n) is 1.85. The van der Waals surface area contributed by atoms with Gasteiger partial charge >= 0.3 is 0 Å². The van der Waals surface area contributed by atoms with E-state index in [2.05, 4.69) is 5.92 Å². The summed E-state index contributed by atoms with van der Waals surface area (Å²) in [5.74, 6) is 3.21. The smallest absolute Gasteiger partial charge is 0.115 e. The lowest BCUT2D eigenvalue weighted by Crippen LogP contribution is -2.00. The van der Waals surface area contributed by atoms with Crippen LogP contribution >= 0.6 is 0 Å². The Kier molecular flexibility index (Phi) is 3.54. The molecule has 0 aliphatic heterocycles. The highest BCUT2D eigenvalue weighted by Crippen LogP contribution is 2.23. The molecule has 2 rings (SSSR count). The zero-order chi connectivity index (χ0) is 13.0. The highest BCUT2D eigenvalue weighted by Gasteiger charge is 2.09. The molecule has 0 saturated carbocycles. The normalized spacial score (nSPS) is 11.7. The number of benzene rings is 2. The van der Waals surface area contributed by atoms with E-state index in [0.29, 0.717) is 6.42 Å². The van der Waals surface area contributed by atoms with Crippen LogP contribution in [-0.2, 0) is 6.42 Å². The lowest BCUT2D eigenvalue weighted by Gasteiger charge is -2.11. The van der Waals surface area contributed by atoms with E-state index in [1.807, 2.05) is 24.3 Å². The molecule has 2 N–H and O–H groups in total. The van der Waals surface area contributed by atoms with Crippen molar-refractivity contribution in [3.05, 3.63) is 59.7 Å². The van der Waals surface area contributed by atoms with Gasteiger partial charge in [-0.15, -0.1) is 6.42 Å². The van der Waals surface area contributed by atoms with Crippen LogP contribution in [-0.4, -0.2) is 10.2 Å². The first-order chi connectivity index (χ1) is 8.69. The molecular weight excluding hydrogens is 224 g/mol. The van der Waals surface area contributed by atoms with Crippen LogP contribution in [0.1, 0.15) is 17.0 Å². The summed E-state index contributed by atoms with van der Waals surface area (Å²) in [6.45, 7) is 0. The first-order valence-corrected chi connectivity index (χ1v) is 5.72. The van der Waals surface area contributed by atoms with Crippen molar-refractivity contribution in [2.45, 2.75) is 12.3 Å². The minimum Gasteiger partial charge on any atom is -0.508 e. The zero-order valence-corrected chi connectivity index (χ0v) is 9.88.